The van der Waals surface area contributed by atoms with E-state index in [0.29, 0.717) is 10.8 Å². The molecular formula is C52H32O20. The van der Waals surface area contributed by atoms with Crippen LogP contribution in [0.2, 0.25) is 0 Å². The van der Waals surface area contributed by atoms with Gasteiger partial charge in [0.15, 0.2) is 0 Å². The zero-order valence-electron chi connectivity index (χ0n) is 36.3. The van der Waals surface area contributed by atoms with Crippen molar-refractivity contribution < 1.29 is 98.0 Å². The van der Waals surface area contributed by atoms with E-state index in [1.165, 1.54) is 36.4 Å². The van der Waals surface area contributed by atoms with Crippen LogP contribution < -0.4 is 28.4 Å². The molecule has 72 heavy (non-hydrogen) atoms. The summed E-state index contributed by atoms with van der Waals surface area (Å²) in [7, 11) is 0. The summed E-state index contributed by atoms with van der Waals surface area (Å²) in [5.41, 5.74) is -1.75. The number of rotatable bonds is 12. The van der Waals surface area contributed by atoms with Crippen molar-refractivity contribution >= 4 is 46.6 Å². The first-order valence-corrected chi connectivity index (χ1v) is 20.6. The molecule has 8 aromatic carbocycles. The molecule has 0 amide bonds. The zero-order valence-corrected chi connectivity index (χ0v) is 36.3. The van der Waals surface area contributed by atoms with E-state index in [1.807, 2.05) is 0 Å². The molecule has 0 saturated carbocycles. The number of aromatic hydroxyl groups is 8. The van der Waals surface area contributed by atoms with Crippen LogP contribution in [0.5, 0.6) is 80.5 Å². The Kier molecular flexibility index (Phi) is 13.1. The van der Waals surface area contributed by atoms with Gasteiger partial charge in [0.1, 0.15) is 80.5 Å². The molecular weight excluding hydrogens is 945 g/mol. The highest BCUT2D eigenvalue weighted by Gasteiger charge is 2.22. The van der Waals surface area contributed by atoms with Crippen LogP contribution in [0.1, 0.15) is 62.1 Å². The van der Waals surface area contributed by atoms with Gasteiger partial charge >= 0.3 is 35.8 Å². The zero-order chi connectivity index (χ0) is 51.4. The van der Waals surface area contributed by atoms with Gasteiger partial charge in [-0.05, 0) is 108 Å². The monoisotopic (exact) mass is 976 g/mol. The molecule has 0 unspecified atom stereocenters. The average Bonchev–Trinajstić information content (AvgIpc) is 3.30. The summed E-state index contributed by atoms with van der Waals surface area (Å²) in [6.45, 7) is 0. The largest absolute Gasteiger partial charge is 0.508 e. The number of hydrogen-bond donors (Lipinski definition) is 8. The van der Waals surface area contributed by atoms with Gasteiger partial charge in [0.25, 0.3) is 0 Å². The van der Waals surface area contributed by atoms with Crippen molar-refractivity contribution in [2.24, 2.45) is 0 Å². The van der Waals surface area contributed by atoms with Gasteiger partial charge in [-0.1, -0.05) is 12.1 Å². The van der Waals surface area contributed by atoms with Crippen LogP contribution in [0, 0.1) is 0 Å². The molecule has 0 heterocycles. The summed E-state index contributed by atoms with van der Waals surface area (Å²) in [6, 6.07) is 27.1. The van der Waals surface area contributed by atoms with Crippen molar-refractivity contribution in [2.45, 2.75) is 0 Å². The standard InChI is InChI=1S/C52H32O20/c53-33-5-27(6-34(54)19-33)47(61)69-43-15-31(16-44(23-43)70-48(62)28-7-35(55)20-36(56)8-28)51(65)67-41-3-1-25-13-42(4-2-26(25)14-41)68-52(66)32-17-45(71-49(63)29-9-37(57)21-38(58)10-29)24-46(18-32)72-50(64)30-11-39(59)22-40(60)12-30/h1-24,53-60H. The maximum Gasteiger partial charge on any atom is 0.343 e. The summed E-state index contributed by atoms with van der Waals surface area (Å²) in [5, 5.41) is 79.8. The molecule has 8 aromatic rings. The summed E-state index contributed by atoms with van der Waals surface area (Å²) < 4.78 is 32.8. The number of ether oxygens (including phenoxy) is 6. The number of phenols is 8. The lowest BCUT2D eigenvalue weighted by atomic mass is 10.1. The van der Waals surface area contributed by atoms with E-state index in [0.717, 1.165) is 109 Å². The Balaban J connectivity index is 1.02. The fourth-order valence-corrected chi connectivity index (χ4v) is 6.79. The number of carbonyl (C=O) groups is 6. The second kappa shape index (κ2) is 19.8. The molecule has 360 valence electrons. The number of benzene rings is 8. The van der Waals surface area contributed by atoms with Gasteiger partial charge in [0.05, 0.1) is 33.4 Å². The van der Waals surface area contributed by atoms with Crippen LogP contribution in [-0.4, -0.2) is 76.7 Å². The molecule has 8 rings (SSSR count). The summed E-state index contributed by atoms with van der Waals surface area (Å²) >= 11 is 0. The maximum atomic E-state index is 13.6. The Labute approximate surface area is 403 Å². The molecule has 20 nitrogen and oxygen atoms in total. The minimum Gasteiger partial charge on any atom is -0.508 e. The fraction of sp³-hybridized carbons (Fsp3) is 0. The van der Waals surface area contributed by atoms with Crippen molar-refractivity contribution in [1.29, 1.82) is 0 Å². The van der Waals surface area contributed by atoms with Gasteiger partial charge in [0.2, 0.25) is 0 Å². The van der Waals surface area contributed by atoms with Crippen LogP contribution in [0.3, 0.4) is 0 Å². The highest BCUT2D eigenvalue weighted by molar-refractivity contribution is 5.98. The number of phenolic OH excluding ortho intramolecular Hbond substituents is 8. The van der Waals surface area contributed by atoms with Gasteiger partial charge in [0, 0.05) is 36.4 Å². The van der Waals surface area contributed by atoms with Crippen molar-refractivity contribution in [3.05, 3.63) is 179 Å². The number of hydrogen-bond acceptors (Lipinski definition) is 20. The van der Waals surface area contributed by atoms with E-state index in [-0.39, 0.29) is 67.9 Å². The Hall–Kier alpha value is -10.8. The second-order valence-corrected chi connectivity index (χ2v) is 15.3. The first-order valence-electron chi connectivity index (χ1n) is 20.6. The SMILES string of the molecule is O=C(Oc1cc(OC(=O)c2cc(O)cc(O)c2)cc(C(=O)Oc2ccc3cc(OC(=O)c4cc(OC(=O)c5cc(O)cc(O)c5)cc(OC(=O)c5cc(O)cc(O)c5)c4)ccc3c2)c1)c1cc(O)cc(O)c1. The highest BCUT2D eigenvalue weighted by atomic mass is 16.6. The predicted octanol–water partition coefficient (Wildman–Crippen LogP) is 7.80. The smallest absolute Gasteiger partial charge is 0.343 e. The minimum absolute atomic E-state index is 0.0149. The third-order valence-electron chi connectivity index (χ3n) is 9.83. The third-order valence-corrected chi connectivity index (χ3v) is 9.83. The first kappa shape index (κ1) is 47.7. The lowest BCUT2D eigenvalue weighted by Gasteiger charge is -2.12. The second-order valence-electron chi connectivity index (χ2n) is 15.3. The highest BCUT2D eigenvalue weighted by Crippen LogP contribution is 2.33. The van der Waals surface area contributed by atoms with Gasteiger partial charge in [-0.25, -0.2) is 28.8 Å². The van der Waals surface area contributed by atoms with Gasteiger partial charge in [-0.15, -0.1) is 0 Å². The normalized spacial score (nSPS) is 10.7. The van der Waals surface area contributed by atoms with E-state index in [4.69, 9.17) is 28.4 Å². The van der Waals surface area contributed by atoms with Crippen LogP contribution in [0.25, 0.3) is 10.8 Å². The molecule has 0 atom stereocenters. The molecule has 0 aliphatic rings. The van der Waals surface area contributed by atoms with Crippen molar-refractivity contribution in [1.82, 2.24) is 0 Å². The Morgan fingerprint density at radius 3 is 0.639 bits per heavy atom. The van der Waals surface area contributed by atoms with Crippen molar-refractivity contribution in [2.75, 3.05) is 0 Å². The third kappa shape index (κ3) is 11.7. The lowest BCUT2D eigenvalue weighted by Crippen LogP contribution is -2.13. The lowest BCUT2D eigenvalue weighted by molar-refractivity contribution is 0.0702. The number of carbonyl (C=O) groups excluding carboxylic acids is 6. The molecule has 8 N–H and O–H groups in total. The summed E-state index contributed by atoms with van der Waals surface area (Å²) in [5.74, 6) is -11.6. The van der Waals surface area contributed by atoms with E-state index in [9.17, 15) is 69.6 Å². The molecule has 0 spiro atoms. The quantitative estimate of drug-likeness (QED) is 0.0427. The Morgan fingerprint density at radius 2 is 0.417 bits per heavy atom. The minimum atomic E-state index is -1.09. The predicted molar refractivity (Wildman–Crippen MR) is 246 cm³/mol. The number of fused-ring (bicyclic) bond motifs is 1. The number of esters is 6. The van der Waals surface area contributed by atoms with Crippen LogP contribution in [0.4, 0.5) is 0 Å². The van der Waals surface area contributed by atoms with Gasteiger partial charge in [-0.2, -0.15) is 0 Å². The summed E-state index contributed by atoms with van der Waals surface area (Å²) in [6.07, 6.45) is 0. The first-order chi connectivity index (χ1) is 34.3. The maximum absolute atomic E-state index is 13.6. The topological polar surface area (TPSA) is 320 Å². The molecule has 20 heteroatoms. The van der Waals surface area contributed by atoms with E-state index >= 15 is 0 Å². The van der Waals surface area contributed by atoms with Gasteiger partial charge < -0.3 is 69.3 Å². The average molecular weight is 977 g/mol. The molecule has 0 aromatic heterocycles. The van der Waals surface area contributed by atoms with Crippen molar-refractivity contribution in [3.63, 3.8) is 0 Å². The van der Waals surface area contributed by atoms with Crippen molar-refractivity contribution in [3.8, 4) is 80.5 Å². The van der Waals surface area contributed by atoms with Gasteiger partial charge in [-0.3, -0.25) is 0 Å². The molecule has 0 saturated heterocycles. The van der Waals surface area contributed by atoms with E-state index in [1.54, 1.807) is 0 Å². The van der Waals surface area contributed by atoms with E-state index < -0.39 is 81.8 Å². The molecule has 0 fully saturated rings. The van der Waals surface area contributed by atoms with Crippen LogP contribution in [0.15, 0.2) is 146 Å². The van der Waals surface area contributed by atoms with Crippen LogP contribution in [-0.2, 0) is 0 Å². The molecule has 0 bridgehead atoms. The van der Waals surface area contributed by atoms with Crippen LogP contribution >= 0.6 is 0 Å². The molecule has 0 aliphatic heterocycles. The van der Waals surface area contributed by atoms with E-state index in [2.05, 4.69) is 0 Å². The summed E-state index contributed by atoms with van der Waals surface area (Å²) in [4.78, 5) is 79.3. The molecule has 0 radical (unpaired) electrons. The Morgan fingerprint density at radius 1 is 0.222 bits per heavy atom. The molecule has 0 aliphatic carbocycles. The Bertz CT molecular complexity index is 3060. The fourth-order valence-electron chi connectivity index (χ4n) is 6.79.